The van der Waals surface area contributed by atoms with Crippen LogP contribution < -0.4 is 4.74 Å². The Morgan fingerprint density at radius 1 is 1.00 bits per heavy atom. The van der Waals surface area contributed by atoms with Crippen LogP contribution in [0, 0.1) is 0 Å². The van der Waals surface area contributed by atoms with Gasteiger partial charge in [0.25, 0.3) is 0 Å². The van der Waals surface area contributed by atoms with Crippen molar-refractivity contribution in [3.05, 3.63) is 84.9 Å². The second-order valence-corrected chi connectivity index (χ2v) is 7.30. The SMILES string of the molecule is C=CCn1c(SCc2cccc3ccccc23)nnc1-c1ccc(OC)cc1. The molecule has 0 spiro atoms. The van der Waals surface area contributed by atoms with E-state index in [1.165, 1.54) is 16.3 Å². The van der Waals surface area contributed by atoms with Gasteiger partial charge >= 0.3 is 0 Å². The minimum atomic E-state index is 0.659. The molecule has 0 saturated heterocycles. The highest BCUT2D eigenvalue weighted by Gasteiger charge is 2.14. The number of aromatic nitrogens is 3. The zero-order valence-corrected chi connectivity index (χ0v) is 16.5. The Labute approximate surface area is 168 Å². The van der Waals surface area contributed by atoms with E-state index < -0.39 is 0 Å². The minimum absolute atomic E-state index is 0.659. The molecule has 0 fully saturated rings. The maximum absolute atomic E-state index is 5.25. The van der Waals surface area contributed by atoms with Crippen molar-refractivity contribution in [1.29, 1.82) is 0 Å². The van der Waals surface area contributed by atoms with Crippen LogP contribution >= 0.6 is 11.8 Å². The first-order valence-electron chi connectivity index (χ1n) is 9.08. The number of ether oxygens (including phenoxy) is 1. The molecule has 0 amide bonds. The third kappa shape index (κ3) is 3.66. The summed E-state index contributed by atoms with van der Waals surface area (Å²) in [4.78, 5) is 0. The smallest absolute Gasteiger partial charge is 0.192 e. The molecule has 4 rings (SSSR count). The maximum Gasteiger partial charge on any atom is 0.192 e. The van der Waals surface area contributed by atoms with E-state index in [4.69, 9.17) is 4.74 Å². The van der Waals surface area contributed by atoms with Gasteiger partial charge in [0.15, 0.2) is 11.0 Å². The lowest BCUT2D eigenvalue weighted by Gasteiger charge is -2.09. The van der Waals surface area contributed by atoms with E-state index in [-0.39, 0.29) is 0 Å². The number of allylic oxidation sites excluding steroid dienone is 1. The number of nitrogens with zero attached hydrogens (tertiary/aromatic N) is 3. The van der Waals surface area contributed by atoms with Gasteiger partial charge < -0.3 is 4.74 Å². The third-order valence-corrected chi connectivity index (χ3v) is 5.63. The Bertz CT molecular complexity index is 1100. The van der Waals surface area contributed by atoms with Gasteiger partial charge in [0, 0.05) is 17.9 Å². The molecule has 0 unspecified atom stereocenters. The number of hydrogen-bond donors (Lipinski definition) is 0. The maximum atomic E-state index is 5.25. The van der Waals surface area contributed by atoms with Crippen molar-refractivity contribution >= 4 is 22.5 Å². The van der Waals surface area contributed by atoms with E-state index in [1.54, 1.807) is 18.9 Å². The van der Waals surface area contributed by atoms with Crippen LogP contribution in [0.25, 0.3) is 22.2 Å². The van der Waals surface area contributed by atoms with Crippen LogP contribution in [0.5, 0.6) is 5.75 Å². The third-order valence-electron chi connectivity index (χ3n) is 4.61. The van der Waals surface area contributed by atoms with Crippen molar-refractivity contribution in [2.45, 2.75) is 17.5 Å². The summed E-state index contributed by atoms with van der Waals surface area (Å²) in [5.74, 6) is 2.49. The van der Waals surface area contributed by atoms with Crippen LogP contribution in [-0.4, -0.2) is 21.9 Å². The zero-order chi connectivity index (χ0) is 19.3. The van der Waals surface area contributed by atoms with Crippen LogP contribution in [0.4, 0.5) is 0 Å². The van der Waals surface area contributed by atoms with E-state index >= 15 is 0 Å². The van der Waals surface area contributed by atoms with Gasteiger partial charge in [-0.25, -0.2) is 0 Å². The van der Waals surface area contributed by atoms with Gasteiger partial charge in [-0.3, -0.25) is 4.57 Å². The highest BCUT2D eigenvalue weighted by Crippen LogP contribution is 2.29. The Hall–Kier alpha value is -3.05. The predicted octanol–water partition coefficient (Wildman–Crippen LogP) is 5.59. The molecule has 3 aromatic carbocycles. The fraction of sp³-hybridized carbons (Fsp3) is 0.130. The first kappa shape index (κ1) is 18.3. The monoisotopic (exact) mass is 387 g/mol. The van der Waals surface area contributed by atoms with Crippen molar-refractivity contribution in [3.8, 4) is 17.1 Å². The summed E-state index contributed by atoms with van der Waals surface area (Å²) in [5.41, 5.74) is 2.30. The minimum Gasteiger partial charge on any atom is -0.497 e. The fourth-order valence-corrected chi connectivity index (χ4v) is 4.16. The fourth-order valence-electron chi connectivity index (χ4n) is 3.20. The lowest BCUT2D eigenvalue weighted by molar-refractivity contribution is 0.415. The molecular formula is C23H21N3OS. The summed E-state index contributed by atoms with van der Waals surface area (Å²) >= 11 is 1.69. The molecule has 0 aliphatic heterocycles. The van der Waals surface area contributed by atoms with Crippen molar-refractivity contribution in [2.75, 3.05) is 7.11 Å². The summed E-state index contributed by atoms with van der Waals surface area (Å²) in [7, 11) is 1.66. The first-order valence-corrected chi connectivity index (χ1v) is 10.1. The number of hydrogen-bond acceptors (Lipinski definition) is 4. The molecule has 0 saturated carbocycles. The highest BCUT2D eigenvalue weighted by molar-refractivity contribution is 7.98. The molecule has 0 aliphatic rings. The van der Waals surface area contributed by atoms with E-state index in [0.29, 0.717) is 6.54 Å². The first-order chi connectivity index (χ1) is 13.8. The van der Waals surface area contributed by atoms with Gasteiger partial charge in [-0.15, -0.1) is 16.8 Å². The molecule has 0 aliphatic carbocycles. The lowest BCUT2D eigenvalue weighted by atomic mass is 10.1. The van der Waals surface area contributed by atoms with Gasteiger partial charge in [0.1, 0.15) is 5.75 Å². The van der Waals surface area contributed by atoms with Crippen LogP contribution in [0.15, 0.2) is 84.5 Å². The van der Waals surface area contributed by atoms with Gasteiger partial charge in [-0.2, -0.15) is 0 Å². The molecule has 1 aromatic heterocycles. The number of thioether (sulfide) groups is 1. The number of benzene rings is 3. The molecule has 0 bridgehead atoms. The molecule has 4 nitrogen and oxygen atoms in total. The normalized spacial score (nSPS) is 10.9. The summed E-state index contributed by atoms with van der Waals surface area (Å²) in [5, 5.41) is 12.3. The molecular weight excluding hydrogens is 366 g/mol. The number of rotatable bonds is 7. The van der Waals surface area contributed by atoms with E-state index in [0.717, 1.165) is 28.0 Å². The summed E-state index contributed by atoms with van der Waals surface area (Å²) < 4.78 is 7.35. The van der Waals surface area contributed by atoms with Crippen molar-refractivity contribution < 1.29 is 4.74 Å². The molecule has 28 heavy (non-hydrogen) atoms. The average molecular weight is 388 g/mol. The van der Waals surface area contributed by atoms with Crippen molar-refractivity contribution in [1.82, 2.24) is 14.8 Å². The van der Waals surface area contributed by atoms with Crippen molar-refractivity contribution in [2.24, 2.45) is 0 Å². The predicted molar refractivity (Wildman–Crippen MR) is 116 cm³/mol. The van der Waals surface area contributed by atoms with E-state index in [9.17, 15) is 0 Å². The Morgan fingerprint density at radius 2 is 1.79 bits per heavy atom. The van der Waals surface area contributed by atoms with E-state index in [1.807, 2.05) is 30.3 Å². The Morgan fingerprint density at radius 3 is 2.57 bits per heavy atom. The van der Waals surface area contributed by atoms with Crippen molar-refractivity contribution in [3.63, 3.8) is 0 Å². The molecule has 0 N–H and O–H groups in total. The molecule has 4 aromatic rings. The highest BCUT2D eigenvalue weighted by atomic mass is 32.2. The molecule has 1 heterocycles. The summed E-state index contributed by atoms with van der Waals surface area (Å²) in [6, 6.07) is 22.8. The molecule has 0 atom stereocenters. The second-order valence-electron chi connectivity index (χ2n) is 6.36. The lowest BCUT2D eigenvalue weighted by Crippen LogP contribution is -2.00. The second kappa shape index (κ2) is 8.31. The van der Waals surface area contributed by atoms with Gasteiger partial charge in [-0.1, -0.05) is 60.3 Å². The molecule has 5 heteroatoms. The standard InChI is InChI=1S/C23H21N3OS/c1-3-15-26-22(18-11-13-20(27-2)14-12-18)24-25-23(26)28-16-19-9-6-8-17-7-4-5-10-21(17)19/h3-14H,1,15-16H2,2H3. The van der Waals surface area contributed by atoms with E-state index in [2.05, 4.69) is 63.8 Å². The summed E-state index contributed by atoms with van der Waals surface area (Å²) in [6.45, 7) is 4.55. The quantitative estimate of drug-likeness (QED) is 0.306. The van der Waals surface area contributed by atoms with Gasteiger partial charge in [0.05, 0.1) is 7.11 Å². The number of fused-ring (bicyclic) bond motifs is 1. The van der Waals surface area contributed by atoms with Crippen LogP contribution in [0.2, 0.25) is 0 Å². The zero-order valence-electron chi connectivity index (χ0n) is 15.7. The van der Waals surface area contributed by atoms with Crippen LogP contribution in [0.3, 0.4) is 0 Å². The number of methoxy groups -OCH3 is 1. The topological polar surface area (TPSA) is 39.9 Å². The molecule has 140 valence electrons. The van der Waals surface area contributed by atoms with Crippen LogP contribution in [-0.2, 0) is 12.3 Å². The largest absolute Gasteiger partial charge is 0.497 e. The molecule has 0 radical (unpaired) electrons. The Kier molecular flexibility index (Phi) is 5.44. The summed E-state index contributed by atoms with van der Waals surface area (Å²) in [6.07, 6.45) is 1.87. The van der Waals surface area contributed by atoms with Gasteiger partial charge in [0.2, 0.25) is 0 Å². The van der Waals surface area contributed by atoms with Gasteiger partial charge in [-0.05, 0) is 40.6 Å². The Balaban J connectivity index is 1.62. The van der Waals surface area contributed by atoms with Crippen LogP contribution in [0.1, 0.15) is 5.56 Å². The average Bonchev–Trinajstić information content (AvgIpc) is 3.15.